The van der Waals surface area contributed by atoms with Crippen LogP contribution in [0.3, 0.4) is 0 Å². The predicted molar refractivity (Wildman–Crippen MR) is 59.7 cm³/mol. The second-order valence-electron chi connectivity index (χ2n) is 3.24. The Labute approximate surface area is 97.3 Å². The molecule has 6 nitrogen and oxygen atoms in total. The van der Waals surface area contributed by atoms with Gasteiger partial charge >= 0.3 is 0 Å². The van der Waals surface area contributed by atoms with Gasteiger partial charge in [0, 0.05) is 6.07 Å². The quantitative estimate of drug-likeness (QED) is 0.338. The van der Waals surface area contributed by atoms with Crippen molar-refractivity contribution in [3.8, 4) is 5.75 Å². The number of ketones is 1. The maximum atomic E-state index is 11.4. The molecular formula is C11H11NO5. The summed E-state index contributed by atoms with van der Waals surface area (Å²) in [4.78, 5) is 32.4. The van der Waals surface area contributed by atoms with Gasteiger partial charge in [0.25, 0.3) is 5.69 Å². The normalized spacial score (nSPS) is 9.76. The lowest BCUT2D eigenvalue weighted by Crippen LogP contribution is -2.07. The van der Waals surface area contributed by atoms with E-state index in [0.29, 0.717) is 6.29 Å². The van der Waals surface area contributed by atoms with Gasteiger partial charge in [-0.05, 0) is 19.9 Å². The van der Waals surface area contributed by atoms with E-state index in [1.54, 1.807) is 6.92 Å². The Balaban J connectivity index is 3.58. The van der Waals surface area contributed by atoms with E-state index in [0.717, 1.165) is 6.07 Å². The average Bonchev–Trinajstić information content (AvgIpc) is 2.28. The molecular weight excluding hydrogens is 226 g/mol. The summed E-state index contributed by atoms with van der Waals surface area (Å²) >= 11 is 0. The number of nitro groups is 1. The molecule has 0 fully saturated rings. The molecule has 0 N–H and O–H groups in total. The molecule has 0 spiro atoms. The van der Waals surface area contributed by atoms with Crippen LogP contribution in [0.2, 0.25) is 0 Å². The molecule has 0 heterocycles. The molecule has 0 saturated carbocycles. The first kappa shape index (κ1) is 12.8. The number of Topliss-reactive ketones (excluding diaryl/α,β-unsaturated/α-hetero) is 1. The number of rotatable bonds is 5. The minimum atomic E-state index is -0.673. The number of hydrogen-bond acceptors (Lipinski definition) is 5. The fraction of sp³-hybridized carbons (Fsp3) is 0.273. The second-order valence-corrected chi connectivity index (χ2v) is 3.24. The van der Waals surface area contributed by atoms with E-state index < -0.39 is 10.7 Å². The summed E-state index contributed by atoms with van der Waals surface area (Å²) in [5.74, 6) is -0.534. The van der Waals surface area contributed by atoms with Gasteiger partial charge in [-0.15, -0.1) is 0 Å². The lowest BCUT2D eigenvalue weighted by Gasteiger charge is -2.10. The number of nitrogens with zero attached hydrogens (tertiary/aromatic N) is 1. The summed E-state index contributed by atoms with van der Waals surface area (Å²) in [6.07, 6.45) is 0.501. The molecule has 90 valence electrons. The minimum Gasteiger partial charge on any atom is -0.492 e. The van der Waals surface area contributed by atoms with Crippen LogP contribution in [0.1, 0.15) is 34.6 Å². The number of ether oxygens (including phenoxy) is 1. The highest BCUT2D eigenvalue weighted by Gasteiger charge is 2.25. The fourth-order valence-electron chi connectivity index (χ4n) is 1.47. The number of carbonyl (C=O) groups is 2. The van der Waals surface area contributed by atoms with E-state index in [1.807, 2.05) is 0 Å². The highest BCUT2D eigenvalue weighted by molar-refractivity contribution is 6.03. The Morgan fingerprint density at radius 1 is 1.53 bits per heavy atom. The van der Waals surface area contributed by atoms with E-state index in [-0.39, 0.29) is 29.2 Å². The van der Waals surface area contributed by atoms with Crippen LogP contribution in [0.25, 0.3) is 0 Å². The lowest BCUT2D eigenvalue weighted by atomic mass is 10.0. The van der Waals surface area contributed by atoms with Crippen molar-refractivity contribution in [3.63, 3.8) is 0 Å². The van der Waals surface area contributed by atoms with Crippen LogP contribution in [-0.2, 0) is 0 Å². The van der Waals surface area contributed by atoms with Crippen molar-refractivity contribution in [1.29, 1.82) is 0 Å². The third kappa shape index (κ3) is 2.47. The van der Waals surface area contributed by atoms with E-state index in [4.69, 9.17) is 4.74 Å². The third-order valence-corrected chi connectivity index (χ3v) is 2.13. The van der Waals surface area contributed by atoms with Crippen molar-refractivity contribution >= 4 is 17.8 Å². The van der Waals surface area contributed by atoms with Crippen LogP contribution in [-0.4, -0.2) is 23.6 Å². The van der Waals surface area contributed by atoms with Crippen LogP contribution < -0.4 is 4.74 Å². The summed E-state index contributed by atoms with van der Waals surface area (Å²) in [5.41, 5.74) is -0.393. The molecule has 1 aromatic carbocycles. The van der Waals surface area contributed by atoms with Gasteiger partial charge in [-0.2, -0.15) is 0 Å². The Bertz CT molecular complexity index is 481. The van der Waals surface area contributed by atoms with Gasteiger partial charge in [0.05, 0.1) is 17.1 Å². The largest absolute Gasteiger partial charge is 0.492 e. The molecule has 0 atom stereocenters. The first-order valence-electron chi connectivity index (χ1n) is 4.93. The van der Waals surface area contributed by atoms with E-state index in [9.17, 15) is 19.7 Å². The van der Waals surface area contributed by atoms with Gasteiger partial charge < -0.3 is 4.74 Å². The van der Waals surface area contributed by atoms with Gasteiger partial charge in [-0.25, -0.2) is 0 Å². The number of aldehydes is 1. The first-order chi connectivity index (χ1) is 8.02. The molecule has 0 aliphatic heterocycles. The topological polar surface area (TPSA) is 86.5 Å². The van der Waals surface area contributed by atoms with Gasteiger partial charge in [-0.3, -0.25) is 19.7 Å². The van der Waals surface area contributed by atoms with Crippen molar-refractivity contribution in [2.45, 2.75) is 13.8 Å². The maximum Gasteiger partial charge on any atom is 0.283 e. The SMILES string of the molecule is CCOc1c(C=O)ccc([N+](=O)[O-])c1C(C)=O. The molecule has 0 aromatic heterocycles. The Morgan fingerprint density at radius 2 is 2.18 bits per heavy atom. The number of hydrogen-bond donors (Lipinski definition) is 0. The third-order valence-electron chi connectivity index (χ3n) is 2.13. The maximum absolute atomic E-state index is 11.4. The first-order valence-corrected chi connectivity index (χ1v) is 4.93. The summed E-state index contributed by atoms with van der Waals surface area (Å²) in [6.45, 7) is 3.07. The molecule has 0 saturated heterocycles. The van der Waals surface area contributed by atoms with Crippen LogP contribution >= 0.6 is 0 Å². The predicted octanol–water partition coefficient (Wildman–Crippen LogP) is 2.01. The zero-order valence-electron chi connectivity index (χ0n) is 9.43. The van der Waals surface area contributed by atoms with Crippen molar-refractivity contribution in [2.75, 3.05) is 6.61 Å². The minimum absolute atomic E-state index is 0.0239. The Morgan fingerprint density at radius 3 is 2.59 bits per heavy atom. The Kier molecular flexibility index (Phi) is 3.92. The van der Waals surface area contributed by atoms with Gasteiger partial charge in [-0.1, -0.05) is 0 Å². The highest BCUT2D eigenvalue weighted by atomic mass is 16.6. The molecule has 0 aliphatic rings. The van der Waals surface area contributed by atoms with Crippen LogP contribution in [0.4, 0.5) is 5.69 Å². The summed E-state index contributed by atoms with van der Waals surface area (Å²) in [5, 5.41) is 10.8. The molecule has 6 heteroatoms. The summed E-state index contributed by atoms with van der Waals surface area (Å²) in [7, 11) is 0. The molecule has 0 amide bonds. The summed E-state index contributed by atoms with van der Waals surface area (Å²) < 4.78 is 5.15. The zero-order valence-corrected chi connectivity index (χ0v) is 9.43. The second kappa shape index (κ2) is 5.20. The van der Waals surface area contributed by atoms with Crippen LogP contribution in [0.5, 0.6) is 5.75 Å². The van der Waals surface area contributed by atoms with Crippen molar-refractivity contribution in [2.24, 2.45) is 0 Å². The molecule has 17 heavy (non-hydrogen) atoms. The monoisotopic (exact) mass is 237 g/mol. The number of carbonyl (C=O) groups excluding carboxylic acids is 2. The fourth-order valence-corrected chi connectivity index (χ4v) is 1.47. The van der Waals surface area contributed by atoms with Gasteiger partial charge in [0.1, 0.15) is 11.3 Å². The van der Waals surface area contributed by atoms with Crippen LogP contribution in [0, 0.1) is 10.1 Å². The average molecular weight is 237 g/mol. The molecule has 0 aliphatic carbocycles. The molecule has 1 rings (SSSR count). The van der Waals surface area contributed by atoms with Crippen LogP contribution in [0.15, 0.2) is 12.1 Å². The highest BCUT2D eigenvalue weighted by Crippen LogP contribution is 2.31. The number of benzene rings is 1. The van der Waals surface area contributed by atoms with Gasteiger partial charge in [0.2, 0.25) is 0 Å². The zero-order chi connectivity index (χ0) is 13.0. The van der Waals surface area contributed by atoms with Gasteiger partial charge in [0.15, 0.2) is 12.1 Å². The Hall–Kier alpha value is -2.24. The van der Waals surface area contributed by atoms with Crippen molar-refractivity contribution in [1.82, 2.24) is 0 Å². The molecule has 0 bridgehead atoms. The van der Waals surface area contributed by atoms with E-state index >= 15 is 0 Å². The van der Waals surface area contributed by atoms with E-state index in [1.165, 1.54) is 13.0 Å². The summed E-state index contributed by atoms with van der Waals surface area (Å²) in [6, 6.07) is 2.39. The lowest BCUT2D eigenvalue weighted by molar-refractivity contribution is -0.385. The van der Waals surface area contributed by atoms with Crippen molar-refractivity contribution in [3.05, 3.63) is 33.4 Å². The number of nitro benzene ring substituents is 1. The molecule has 1 aromatic rings. The molecule has 0 radical (unpaired) electrons. The smallest absolute Gasteiger partial charge is 0.283 e. The molecule has 0 unspecified atom stereocenters. The van der Waals surface area contributed by atoms with E-state index in [2.05, 4.69) is 0 Å². The standard InChI is InChI=1S/C11H11NO5/c1-3-17-11-8(6-13)4-5-9(12(15)16)10(11)7(2)14/h4-6H,3H2,1-2H3. The van der Waals surface area contributed by atoms with Crippen molar-refractivity contribution < 1.29 is 19.2 Å².